The van der Waals surface area contributed by atoms with E-state index in [4.69, 9.17) is 4.98 Å². The monoisotopic (exact) mass is 365 g/mol. The highest BCUT2D eigenvalue weighted by Crippen LogP contribution is 2.29. The first-order chi connectivity index (χ1) is 12.2. The highest BCUT2D eigenvalue weighted by atomic mass is 32.1. The number of fused-ring (bicyclic) bond motifs is 1. The van der Waals surface area contributed by atoms with Gasteiger partial charge in [-0.15, -0.1) is 11.3 Å². The summed E-state index contributed by atoms with van der Waals surface area (Å²) < 4.78 is 1.24. The maximum atomic E-state index is 4.77. The number of anilines is 1. The average molecular weight is 366 g/mol. The van der Waals surface area contributed by atoms with E-state index in [1.165, 1.54) is 21.4 Å². The zero-order chi connectivity index (χ0) is 17.2. The highest BCUT2D eigenvalue weighted by molar-refractivity contribution is 7.22. The van der Waals surface area contributed by atoms with Gasteiger partial charge in [0.2, 0.25) is 0 Å². The van der Waals surface area contributed by atoms with E-state index in [1.807, 2.05) is 0 Å². The fraction of sp³-hybridized carbons (Fsp3) is 0.200. The molecule has 2 aromatic heterocycles. The van der Waals surface area contributed by atoms with Gasteiger partial charge in [0, 0.05) is 10.9 Å². The zero-order valence-electron chi connectivity index (χ0n) is 14.2. The molecule has 2 aromatic carbocycles. The van der Waals surface area contributed by atoms with Crippen LogP contribution in [-0.2, 0) is 13.0 Å². The van der Waals surface area contributed by atoms with Crippen molar-refractivity contribution in [3.63, 3.8) is 0 Å². The summed E-state index contributed by atoms with van der Waals surface area (Å²) in [5, 5.41) is 7.57. The van der Waals surface area contributed by atoms with E-state index in [9.17, 15) is 0 Å². The molecule has 0 saturated heterocycles. The molecular formula is C20H19N3S2. The van der Waals surface area contributed by atoms with Crippen LogP contribution in [0, 0.1) is 6.92 Å². The van der Waals surface area contributed by atoms with Gasteiger partial charge in [-0.2, -0.15) is 0 Å². The Kier molecular flexibility index (Phi) is 4.51. The molecule has 0 aliphatic heterocycles. The summed E-state index contributed by atoms with van der Waals surface area (Å²) in [5.74, 6) is 0. The normalized spacial score (nSPS) is 11.1. The summed E-state index contributed by atoms with van der Waals surface area (Å²) >= 11 is 3.40. The van der Waals surface area contributed by atoms with Crippen molar-refractivity contribution >= 4 is 38.0 Å². The molecule has 0 unspecified atom stereocenters. The summed E-state index contributed by atoms with van der Waals surface area (Å²) in [6.07, 6.45) is 1.05. The fourth-order valence-electron chi connectivity index (χ4n) is 2.76. The molecule has 0 radical (unpaired) electrons. The van der Waals surface area contributed by atoms with Crippen molar-refractivity contribution in [3.05, 3.63) is 64.7 Å². The lowest BCUT2D eigenvalue weighted by Gasteiger charge is -2.01. The summed E-state index contributed by atoms with van der Waals surface area (Å²) in [5.41, 5.74) is 5.94. The van der Waals surface area contributed by atoms with Crippen LogP contribution in [0.5, 0.6) is 0 Å². The molecule has 0 atom stereocenters. The van der Waals surface area contributed by atoms with Crippen molar-refractivity contribution in [2.24, 2.45) is 0 Å². The van der Waals surface area contributed by atoms with Gasteiger partial charge < -0.3 is 5.32 Å². The third-order valence-electron chi connectivity index (χ3n) is 4.21. The van der Waals surface area contributed by atoms with Crippen LogP contribution in [0.3, 0.4) is 0 Å². The molecule has 0 amide bonds. The van der Waals surface area contributed by atoms with Crippen LogP contribution in [-0.4, -0.2) is 9.97 Å². The van der Waals surface area contributed by atoms with Crippen molar-refractivity contribution in [2.45, 2.75) is 26.8 Å². The number of nitrogens with zero attached hydrogens (tertiary/aromatic N) is 2. The number of nitrogens with one attached hydrogen (secondary N) is 1. The molecule has 4 aromatic rings. The molecule has 0 aliphatic carbocycles. The van der Waals surface area contributed by atoms with Crippen LogP contribution in [0.1, 0.15) is 23.7 Å². The molecule has 126 valence electrons. The topological polar surface area (TPSA) is 37.8 Å². The van der Waals surface area contributed by atoms with Crippen LogP contribution in [0.2, 0.25) is 0 Å². The number of benzene rings is 2. The average Bonchev–Trinajstić information content (AvgIpc) is 3.26. The first kappa shape index (κ1) is 16.2. The van der Waals surface area contributed by atoms with Gasteiger partial charge in [-0.1, -0.05) is 48.6 Å². The van der Waals surface area contributed by atoms with Crippen LogP contribution < -0.4 is 5.32 Å². The number of aryl methyl sites for hydroxylation is 2. The van der Waals surface area contributed by atoms with Gasteiger partial charge in [0.05, 0.1) is 22.5 Å². The van der Waals surface area contributed by atoms with Crippen molar-refractivity contribution in [1.82, 2.24) is 9.97 Å². The van der Waals surface area contributed by atoms with Crippen molar-refractivity contribution in [3.8, 4) is 10.6 Å². The molecule has 0 bridgehead atoms. The predicted octanol–water partition coefficient (Wildman–Crippen LogP) is 5.90. The van der Waals surface area contributed by atoms with E-state index in [2.05, 4.69) is 72.0 Å². The minimum atomic E-state index is 0.697. The zero-order valence-corrected chi connectivity index (χ0v) is 15.9. The van der Waals surface area contributed by atoms with Gasteiger partial charge in [0.1, 0.15) is 5.01 Å². The molecule has 0 spiro atoms. The number of hydrogen-bond donors (Lipinski definition) is 1. The number of hydrogen-bond acceptors (Lipinski definition) is 5. The molecule has 1 N–H and O–H groups in total. The van der Waals surface area contributed by atoms with E-state index in [0.29, 0.717) is 6.54 Å². The molecular weight excluding hydrogens is 346 g/mol. The summed E-state index contributed by atoms with van der Waals surface area (Å²) in [7, 11) is 0. The lowest BCUT2D eigenvalue weighted by molar-refractivity contribution is 1.07. The molecule has 2 heterocycles. The maximum Gasteiger partial charge on any atom is 0.184 e. The molecule has 0 aliphatic rings. The van der Waals surface area contributed by atoms with E-state index in [-0.39, 0.29) is 0 Å². The quantitative estimate of drug-likeness (QED) is 0.478. The molecule has 0 saturated carbocycles. The standard InChI is InChI=1S/C20H19N3S2/c1-3-14-8-9-17-18(10-14)25-20(23-17)21-11-15-12-24-19(22-15)16-7-5-4-6-13(16)2/h4-10,12H,3,11H2,1-2H3,(H,21,23). The third-order valence-corrected chi connectivity index (χ3v) is 6.11. The van der Waals surface area contributed by atoms with E-state index >= 15 is 0 Å². The van der Waals surface area contributed by atoms with E-state index in [1.54, 1.807) is 22.7 Å². The molecule has 4 rings (SSSR count). The van der Waals surface area contributed by atoms with E-state index < -0.39 is 0 Å². The fourth-order valence-corrected chi connectivity index (χ4v) is 4.59. The van der Waals surface area contributed by atoms with Crippen LogP contribution in [0.4, 0.5) is 5.13 Å². The molecule has 5 heteroatoms. The first-order valence-electron chi connectivity index (χ1n) is 8.36. The highest BCUT2D eigenvalue weighted by Gasteiger charge is 2.08. The Morgan fingerprint density at radius 1 is 1.08 bits per heavy atom. The van der Waals surface area contributed by atoms with Crippen molar-refractivity contribution in [1.29, 1.82) is 0 Å². The first-order valence-corrected chi connectivity index (χ1v) is 10.1. The summed E-state index contributed by atoms with van der Waals surface area (Å²) in [6, 6.07) is 14.9. The third kappa shape index (κ3) is 3.43. The molecule has 25 heavy (non-hydrogen) atoms. The van der Waals surface area contributed by atoms with Gasteiger partial charge >= 0.3 is 0 Å². The number of aromatic nitrogens is 2. The minimum Gasteiger partial charge on any atom is -0.356 e. The van der Waals surface area contributed by atoms with Crippen LogP contribution >= 0.6 is 22.7 Å². The summed E-state index contributed by atoms with van der Waals surface area (Å²) in [6.45, 7) is 5.00. The van der Waals surface area contributed by atoms with Crippen LogP contribution in [0.25, 0.3) is 20.8 Å². The second kappa shape index (κ2) is 6.94. The Bertz CT molecular complexity index is 1020. The van der Waals surface area contributed by atoms with Crippen molar-refractivity contribution < 1.29 is 0 Å². The maximum absolute atomic E-state index is 4.77. The smallest absolute Gasteiger partial charge is 0.184 e. The number of rotatable bonds is 5. The minimum absolute atomic E-state index is 0.697. The number of thiazole rings is 2. The summed E-state index contributed by atoms with van der Waals surface area (Å²) in [4.78, 5) is 9.44. The predicted molar refractivity (Wildman–Crippen MR) is 109 cm³/mol. The van der Waals surface area contributed by atoms with Gasteiger partial charge in [0.25, 0.3) is 0 Å². The SMILES string of the molecule is CCc1ccc2nc(NCc3csc(-c4ccccc4C)n3)sc2c1. The molecule has 0 fully saturated rings. The Hall–Kier alpha value is -2.24. The Balaban J connectivity index is 1.49. The van der Waals surface area contributed by atoms with Crippen molar-refractivity contribution in [2.75, 3.05) is 5.32 Å². The lowest BCUT2D eigenvalue weighted by atomic mass is 10.1. The second-order valence-corrected chi connectivity index (χ2v) is 7.88. The van der Waals surface area contributed by atoms with E-state index in [0.717, 1.165) is 27.8 Å². The van der Waals surface area contributed by atoms with Gasteiger partial charge in [-0.05, 0) is 36.6 Å². The largest absolute Gasteiger partial charge is 0.356 e. The molecule has 3 nitrogen and oxygen atoms in total. The lowest BCUT2D eigenvalue weighted by Crippen LogP contribution is -1.99. The van der Waals surface area contributed by atoms with Gasteiger partial charge in [0.15, 0.2) is 5.13 Å². The Labute approximate surface area is 155 Å². The Morgan fingerprint density at radius 3 is 2.80 bits per heavy atom. The van der Waals surface area contributed by atoms with Gasteiger partial charge in [-0.3, -0.25) is 0 Å². The second-order valence-electron chi connectivity index (χ2n) is 5.99. The van der Waals surface area contributed by atoms with Crippen LogP contribution in [0.15, 0.2) is 47.8 Å². The Morgan fingerprint density at radius 2 is 1.96 bits per heavy atom. The van der Waals surface area contributed by atoms with Gasteiger partial charge in [-0.25, -0.2) is 9.97 Å².